The van der Waals surface area contributed by atoms with Gasteiger partial charge in [0.25, 0.3) is 0 Å². The van der Waals surface area contributed by atoms with Crippen molar-refractivity contribution in [2.24, 2.45) is 54.7 Å². The molecular formula is C13H24N8O. The summed E-state index contributed by atoms with van der Waals surface area (Å²) >= 11 is 0. The normalized spacial score (nSPS) is 36.3. The number of fused-ring (bicyclic) bond motifs is 1. The fraction of sp³-hybridized carbons (Fsp3) is 0.692. The molecular weight excluding hydrogens is 284 g/mol. The van der Waals surface area contributed by atoms with Gasteiger partial charge in [-0.15, -0.1) is 10.2 Å². The number of nitrogens with two attached hydrogens (primary N) is 4. The topological polar surface area (TPSA) is 174 Å². The van der Waals surface area contributed by atoms with Gasteiger partial charge in [-0.3, -0.25) is 0 Å². The van der Waals surface area contributed by atoms with Crippen LogP contribution in [0.3, 0.4) is 0 Å². The lowest BCUT2D eigenvalue weighted by atomic mass is 9.62. The molecule has 0 saturated heterocycles. The van der Waals surface area contributed by atoms with Crippen molar-refractivity contribution < 1.29 is 5.11 Å². The van der Waals surface area contributed by atoms with Crippen LogP contribution in [-0.2, 0) is 0 Å². The predicted octanol–water partition coefficient (Wildman–Crippen LogP) is -0.794. The SMILES string of the molecule is C[C@]12CC/C(=N\N=C(N)N)C[C@@]1(O)CCC2/C=N/N=C(N)N. The van der Waals surface area contributed by atoms with Crippen LogP contribution in [0.1, 0.15) is 39.0 Å². The van der Waals surface area contributed by atoms with Gasteiger partial charge in [-0.25, -0.2) is 0 Å². The van der Waals surface area contributed by atoms with Crippen molar-refractivity contribution in [2.75, 3.05) is 0 Å². The summed E-state index contributed by atoms with van der Waals surface area (Å²) in [6.45, 7) is 2.07. The minimum Gasteiger partial charge on any atom is -0.389 e. The summed E-state index contributed by atoms with van der Waals surface area (Å²) in [4.78, 5) is 0. The second-order valence-electron chi connectivity index (χ2n) is 6.25. The summed E-state index contributed by atoms with van der Waals surface area (Å²) < 4.78 is 0. The van der Waals surface area contributed by atoms with Crippen LogP contribution in [-0.4, -0.2) is 34.6 Å². The fourth-order valence-corrected chi connectivity index (χ4v) is 3.52. The van der Waals surface area contributed by atoms with E-state index in [1.54, 1.807) is 6.21 Å². The van der Waals surface area contributed by atoms with Gasteiger partial charge in [-0.05, 0) is 25.7 Å². The van der Waals surface area contributed by atoms with E-state index in [0.29, 0.717) is 12.8 Å². The number of rotatable bonds is 3. The molecule has 2 saturated carbocycles. The highest BCUT2D eigenvalue weighted by Crippen LogP contribution is 2.56. The third kappa shape index (κ3) is 3.03. The summed E-state index contributed by atoms with van der Waals surface area (Å²) in [6, 6.07) is 0. The van der Waals surface area contributed by atoms with Crippen LogP contribution in [0, 0.1) is 11.3 Å². The zero-order valence-corrected chi connectivity index (χ0v) is 12.7. The molecule has 0 heterocycles. The molecule has 1 unspecified atom stereocenters. The van der Waals surface area contributed by atoms with Crippen molar-refractivity contribution in [3.63, 3.8) is 0 Å². The summed E-state index contributed by atoms with van der Waals surface area (Å²) in [5, 5.41) is 26.3. The van der Waals surface area contributed by atoms with Gasteiger partial charge in [0.15, 0.2) is 0 Å². The molecule has 0 aromatic rings. The first-order valence-corrected chi connectivity index (χ1v) is 7.26. The molecule has 9 heteroatoms. The molecule has 122 valence electrons. The lowest BCUT2D eigenvalue weighted by Gasteiger charge is -2.46. The van der Waals surface area contributed by atoms with E-state index in [1.165, 1.54) is 0 Å². The number of guanidine groups is 2. The highest BCUT2D eigenvalue weighted by Gasteiger charge is 2.58. The van der Waals surface area contributed by atoms with Crippen LogP contribution in [0.2, 0.25) is 0 Å². The highest BCUT2D eigenvalue weighted by atomic mass is 16.3. The molecule has 9 N–H and O–H groups in total. The molecule has 0 bridgehead atoms. The lowest BCUT2D eigenvalue weighted by molar-refractivity contribution is -0.0652. The largest absolute Gasteiger partial charge is 0.389 e. The Bertz CT molecular complexity index is 546. The molecule has 0 aromatic heterocycles. The van der Waals surface area contributed by atoms with Gasteiger partial charge in [0, 0.05) is 29.7 Å². The number of aliphatic hydroxyl groups is 1. The molecule has 0 radical (unpaired) electrons. The second kappa shape index (κ2) is 5.91. The van der Waals surface area contributed by atoms with Crippen molar-refractivity contribution in [3.8, 4) is 0 Å². The van der Waals surface area contributed by atoms with Crippen LogP contribution >= 0.6 is 0 Å². The maximum Gasteiger partial charge on any atom is 0.211 e. The van der Waals surface area contributed by atoms with E-state index >= 15 is 0 Å². The molecule has 2 rings (SSSR count). The summed E-state index contributed by atoms with van der Waals surface area (Å²) in [5.74, 6) is -0.0447. The smallest absolute Gasteiger partial charge is 0.211 e. The highest BCUT2D eigenvalue weighted by molar-refractivity contribution is 5.88. The first-order valence-electron chi connectivity index (χ1n) is 7.26. The zero-order valence-electron chi connectivity index (χ0n) is 12.7. The number of hydrogen-bond donors (Lipinski definition) is 5. The van der Waals surface area contributed by atoms with Crippen molar-refractivity contribution >= 4 is 23.8 Å². The number of hydrogen-bond acceptors (Lipinski definition) is 5. The molecule has 2 fully saturated rings. The van der Waals surface area contributed by atoms with Crippen LogP contribution in [0.5, 0.6) is 0 Å². The molecule has 22 heavy (non-hydrogen) atoms. The fourth-order valence-electron chi connectivity index (χ4n) is 3.52. The van der Waals surface area contributed by atoms with Gasteiger partial charge in [0.2, 0.25) is 11.9 Å². The molecule has 0 aliphatic heterocycles. The van der Waals surface area contributed by atoms with E-state index in [0.717, 1.165) is 25.0 Å². The zero-order chi connectivity index (χ0) is 16.4. The van der Waals surface area contributed by atoms with E-state index in [9.17, 15) is 5.11 Å². The van der Waals surface area contributed by atoms with Crippen LogP contribution < -0.4 is 22.9 Å². The van der Waals surface area contributed by atoms with E-state index in [4.69, 9.17) is 22.9 Å². The van der Waals surface area contributed by atoms with Crippen molar-refractivity contribution in [1.29, 1.82) is 0 Å². The average molecular weight is 308 g/mol. The quantitative estimate of drug-likeness (QED) is 0.260. The Hall–Kier alpha value is -2.16. The van der Waals surface area contributed by atoms with E-state index in [1.807, 2.05) is 0 Å². The van der Waals surface area contributed by atoms with E-state index in [-0.39, 0.29) is 23.3 Å². The second-order valence-corrected chi connectivity index (χ2v) is 6.25. The Morgan fingerprint density at radius 2 is 1.86 bits per heavy atom. The Morgan fingerprint density at radius 1 is 1.18 bits per heavy atom. The molecule has 0 aromatic carbocycles. The van der Waals surface area contributed by atoms with Crippen LogP contribution in [0.15, 0.2) is 20.4 Å². The van der Waals surface area contributed by atoms with Gasteiger partial charge >= 0.3 is 0 Å². The molecule has 0 amide bonds. The minimum atomic E-state index is -0.836. The molecule has 0 spiro atoms. The average Bonchev–Trinajstić information content (AvgIpc) is 2.68. The molecule has 2 aliphatic carbocycles. The maximum absolute atomic E-state index is 11.0. The van der Waals surface area contributed by atoms with Gasteiger partial charge < -0.3 is 28.0 Å². The van der Waals surface area contributed by atoms with Gasteiger partial charge in [-0.2, -0.15) is 10.2 Å². The Balaban J connectivity index is 2.17. The Morgan fingerprint density at radius 3 is 2.50 bits per heavy atom. The van der Waals surface area contributed by atoms with Gasteiger partial charge in [0.1, 0.15) is 0 Å². The Labute approximate surface area is 129 Å². The van der Waals surface area contributed by atoms with Crippen molar-refractivity contribution in [2.45, 2.75) is 44.6 Å². The number of nitrogens with zero attached hydrogens (tertiary/aromatic N) is 4. The molecule has 2 aliphatic rings. The maximum atomic E-state index is 11.0. The Kier molecular flexibility index (Phi) is 4.36. The third-order valence-electron chi connectivity index (χ3n) is 4.91. The third-order valence-corrected chi connectivity index (χ3v) is 4.91. The summed E-state index contributed by atoms with van der Waals surface area (Å²) in [7, 11) is 0. The van der Waals surface area contributed by atoms with E-state index < -0.39 is 5.60 Å². The first kappa shape index (κ1) is 16.2. The van der Waals surface area contributed by atoms with Crippen molar-refractivity contribution in [3.05, 3.63) is 0 Å². The van der Waals surface area contributed by atoms with Gasteiger partial charge in [0.05, 0.1) is 5.60 Å². The standard InChI is InChI=1S/C13H24N8O/c1-12-4-3-9(19-21-11(16)17)6-13(12,22)5-2-8(12)7-18-20-10(14)15/h7-8,22H,2-6H2,1H3,(H4,14,15,20)(H4,16,17,21)/b18-7+,19-9+/t8?,12-,13+/m1/s1. The first-order chi connectivity index (χ1) is 10.3. The summed E-state index contributed by atoms with van der Waals surface area (Å²) in [6.07, 6.45) is 5.21. The van der Waals surface area contributed by atoms with Crippen LogP contribution in [0.4, 0.5) is 0 Å². The van der Waals surface area contributed by atoms with E-state index in [2.05, 4.69) is 27.3 Å². The van der Waals surface area contributed by atoms with Crippen LogP contribution in [0.25, 0.3) is 0 Å². The monoisotopic (exact) mass is 308 g/mol. The molecule has 9 nitrogen and oxygen atoms in total. The van der Waals surface area contributed by atoms with Crippen molar-refractivity contribution in [1.82, 2.24) is 0 Å². The summed E-state index contributed by atoms with van der Waals surface area (Å²) in [5.41, 5.74) is 20.8. The lowest BCUT2D eigenvalue weighted by Crippen LogP contribution is -2.50. The predicted molar refractivity (Wildman–Crippen MR) is 87.2 cm³/mol. The molecule has 3 atom stereocenters. The van der Waals surface area contributed by atoms with Gasteiger partial charge in [-0.1, -0.05) is 6.92 Å². The minimum absolute atomic E-state index is 0.0787.